The third-order valence-corrected chi connectivity index (χ3v) is 3.49. The first-order chi connectivity index (χ1) is 9.49. The quantitative estimate of drug-likeness (QED) is 0.686. The molecule has 102 valence electrons. The molecule has 3 rings (SSSR count). The van der Waals surface area contributed by atoms with Crippen molar-refractivity contribution in [3.8, 4) is 11.3 Å². The van der Waals surface area contributed by atoms with E-state index in [0.717, 1.165) is 27.9 Å². The van der Waals surface area contributed by atoms with Crippen molar-refractivity contribution in [2.24, 2.45) is 0 Å². The molecule has 0 aliphatic rings. The summed E-state index contributed by atoms with van der Waals surface area (Å²) in [5.74, 6) is 0.448. The van der Waals surface area contributed by atoms with Crippen molar-refractivity contribution < 1.29 is 9.32 Å². The molecule has 5 nitrogen and oxygen atoms in total. The highest BCUT2D eigenvalue weighted by Gasteiger charge is 2.21. The zero-order valence-electron chi connectivity index (χ0n) is 11.3. The van der Waals surface area contributed by atoms with Gasteiger partial charge in [0.05, 0.1) is 22.3 Å². The SMILES string of the molecule is CC(=O)n1nc(C)c(-c2onc3ccc(Cl)cc23)c1C. The molecule has 0 spiro atoms. The van der Waals surface area contributed by atoms with E-state index in [0.29, 0.717) is 10.8 Å². The summed E-state index contributed by atoms with van der Waals surface area (Å²) >= 11 is 6.03. The Labute approximate surface area is 120 Å². The second-order valence-electron chi connectivity index (χ2n) is 4.65. The summed E-state index contributed by atoms with van der Waals surface area (Å²) in [5, 5.41) is 9.68. The fourth-order valence-corrected chi connectivity index (χ4v) is 2.54. The summed E-state index contributed by atoms with van der Waals surface area (Å²) in [6.07, 6.45) is 0. The van der Waals surface area contributed by atoms with Gasteiger partial charge in [-0.2, -0.15) is 5.10 Å². The number of aryl methyl sites for hydroxylation is 1. The Morgan fingerprint density at radius 1 is 1.35 bits per heavy atom. The molecule has 20 heavy (non-hydrogen) atoms. The second-order valence-corrected chi connectivity index (χ2v) is 5.09. The first-order valence-electron chi connectivity index (χ1n) is 6.11. The fraction of sp³-hybridized carbons (Fsp3) is 0.214. The molecule has 0 atom stereocenters. The Morgan fingerprint density at radius 2 is 2.10 bits per heavy atom. The summed E-state index contributed by atoms with van der Waals surface area (Å²) in [6.45, 7) is 5.13. The Balaban J connectivity index is 2.31. The predicted molar refractivity (Wildman–Crippen MR) is 76.0 cm³/mol. The van der Waals surface area contributed by atoms with Crippen molar-refractivity contribution in [1.82, 2.24) is 14.9 Å². The van der Waals surface area contributed by atoms with E-state index < -0.39 is 0 Å². The lowest BCUT2D eigenvalue weighted by atomic mass is 10.1. The van der Waals surface area contributed by atoms with Gasteiger partial charge < -0.3 is 4.52 Å². The second kappa shape index (κ2) is 4.45. The summed E-state index contributed by atoms with van der Waals surface area (Å²) in [4.78, 5) is 11.6. The number of carbonyl (C=O) groups is 1. The van der Waals surface area contributed by atoms with Crippen LogP contribution in [-0.4, -0.2) is 20.8 Å². The van der Waals surface area contributed by atoms with Crippen LogP contribution >= 0.6 is 11.6 Å². The largest absolute Gasteiger partial charge is 0.355 e. The normalized spacial score (nSPS) is 11.2. The highest BCUT2D eigenvalue weighted by molar-refractivity contribution is 6.31. The van der Waals surface area contributed by atoms with Crippen LogP contribution in [0.3, 0.4) is 0 Å². The minimum atomic E-state index is -0.140. The van der Waals surface area contributed by atoms with E-state index >= 15 is 0 Å². The van der Waals surface area contributed by atoms with Crippen LogP contribution in [-0.2, 0) is 0 Å². The van der Waals surface area contributed by atoms with Gasteiger partial charge in [-0.1, -0.05) is 16.8 Å². The van der Waals surface area contributed by atoms with E-state index in [2.05, 4.69) is 10.3 Å². The Kier molecular flexibility index (Phi) is 2.87. The molecule has 6 heteroatoms. The van der Waals surface area contributed by atoms with Gasteiger partial charge in [-0.25, -0.2) is 4.68 Å². The molecule has 0 bridgehead atoms. The Bertz CT molecular complexity index is 832. The molecule has 2 heterocycles. The summed E-state index contributed by atoms with van der Waals surface area (Å²) in [7, 11) is 0. The van der Waals surface area contributed by atoms with Crippen LogP contribution in [0.15, 0.2) is 22.7 Å². The van der Waals surface area contributed by atoms with E-state index in [4.69, 9.17) is 16.1 Å². The van der Waals surface area contributed by atoms with Crippen LogP contribution in [0, 0.1) is 13.8 Å². The minimum absolute atomic E-state index is 0.140. The number of nitrogens with zero attached hydrogens (tertiary/aromatic N) is 3. The van der Waals surface area contributed by atoms with Crippen LogP contribution in [0.4, 0.5) is 0 Å². The zero-order chi connectivity index (χ0) is 14.4. The van der Waals surface area contributed by atoms with Crippen molar-refractivity contribution in [1.29, 1.82) is 0 Å². The smallest absolute Gasteiger partial charge is 0.243 e. The first-order valence-corrected chi connectivity index (χ1v) is 6.49. The third kappa shape index (κ3) is 1.82. The van der Waals surface area contributed by atoms with Gasteiger partial charge in [-0.05, 0) is 32.0 Å². The van der Waals surface area contributed by atoms with Gasteiger partial charge in [-0.3, -0.25) is 4.79 Å². The average molecular weight is 290 g/mol. The first kappa shape index (κ1) is 12.9. The molecule has 0 N–H and O–H groups in total. The molecular formula is C14H12ClN3O2. The number of hydrogen-bond donors (Lipinski definition) is 0. The van der Waals surface area contributed by atoms with E-state index in [1.807, 2.05) is 13.8 Å². The standard InChI is InChI=1S/C14H12ClN3O2/c1-7-13(8(2)18(16-7)9(3)19)14-11-6-10(15)4-5-12(11)17-20-14/h4-6H,1-3H3. The predicted octanol–water partition coefficient (Wildman–Crippen LogP) is 3.62. The fourth-order valence-electron chi connectivity index (χ4n) is 2.37. The van der Waals surface area contributed by atoms with Crippen molar-refractivity contribution in [2.45, 2.75) is 20.8 Å². The van der Waals surface area contributed by atoms with Crippen LogP contribution in [0.25, 0.3) is 22.2 Å². The van der Waals surface area contributed by atoms with E-state index in [9.17, 15) is 4.79 Å². The molecule has 0 amide bonds. The number of hydrogen-bond acceptors (Lipinski definition) is 4. The van der Waals surface area contributed by atoms with E-state index in [-0.39, 0.29) is 5.91 Å². The van der Waals surface area contributed by atoms with Gasteiger partial charge in [0.1, 0.15) is 5.52 Å². The molecule has 2 aromatic heterocycles. The highest BCUT2D eigenvalue weighted by Crippen LogP contribution is 2.34. The number of aromatic nitrogens is 3. The van der Waals surface area contributed by atoms with E-state index in [1.54, 1.807) is 18.2 Å². The molecule has 0 saturated carbocycles. The topological polar surface area (TPSA) is 60.9 Å². The third-order valence-electron chi connectivity index (χ3n) is 3.26. The molecule has 1 aromatic carbocycles. The number of fused-ring (bicyclic) bond motifs is 1. The number of benzene rings is 1. The van der Waals surface area contributed by atoms with Crippen LogP contribution in [0.2, 0.25) is 5.02 Å². The van der Waals surface area contributed by atoms with Crippen molar-refractivity contribution >= 4 is 28.4 Å². The van der Waals surface area contributed by atoms with Gasteiger partial charge >= 0.3 is 0 Å². The highest BCUT2D eigenvalue weighted by atomic mass is 35.5. The monoisotopic (exact) mass is 289 g/mol. The van der Waals surface area contributed by atoms with Crippen LogP contribution < -0.4 is 0 Å². The van der Waals surface area contributed by atoms with Crippen molar-refractivity contribution in [3.05, 3.63) is 34.6 Å². The van der Waals surface area contributed by atoms with Crippen LogP contribution in [0.1, 0.15) is 23.1 Å². The summed E-state index contributed by atoms with van der Waals surface area (Å²) in [5.41, 5.74) is 2.95. The lowest BCUT2D eigenvalue weighted by Crippen LogP contribution is -2.09. The maximum atomic E-state index is 11.6. The zero-order valence-corrected chi connectivity index (χ0v) is 12.0. The van der Waals surface area contributed by atoms with Gasteiger partial charge in [-0.15, -0.1) is 0 Å². The minimum Gasteiger partial charge on any atom is -0.355 e. The molecule has 0 radical (unpaired) electrons. The molecule has 3 aromatic rings. The van der Waals surface area contributed by atoms with Gasteiger partial charge in [0.2, 0.25) is 5.91 Å². The summed E-state index contributed by atoms with van der Waals surface area (Å²) < 4.78 is 6.80. The van der Waals surface area contributed by atoms with Crippen molar-refractivity contribution in [3.63, 3.8) is 0 Å². The molecule has 0 saturated heterocycles. The maximum Gasteiger partial charge on any atom is 0.243 e. The lowest BCUT2D eigenvalue weighted by Gasteiger charge is -1.99. The summed E-state index contributed by atoms with van der Waals surface area (Å²) in [6, 6.07) is 5.35. The van der Waals surface area contributed by atoms with E-state index in [1.165, 1.54) is 11.6 Å². The molecular weight excluding hydrogens is 278 g/mol. The molecule has 0 fully saturated rings. The Hall–Kier alpha value is -2.14. The van der Waals surface area contributed by atoms with Crippen molar-refractivity contribution in [2.75, 3.05) is 0 Å². The average Bonchev–Trinajstić information content (AvgIpc) is 2.90. The number of halogens is 1. The number of carbonyl (C=O) groups excluding carboxylic acids is 1. The molecule has 0 aliphatic carbocycles. The number of rotatable bonds is 1. The van der Waals surface area contributed by atoms with Gasteiger partial charge in [0, 0.05) is 11.9 Å². The molecule has 0 unspecified atom stereocenters. The molecule has 0 aliphatic heterocycles. The lowest BCUT2D eigenvalue weighted by molar-refractivity contribution is 0.0918. The van der Waals surface area contributed by atoms with Crippen LogP contribution in [0.5, 0.6) is 0 Å². The Morgan fingerprint density at radius 3 is 2.75 bits per heavy atom. The maximum absolute atomic E-state index is 11.6. The van der Waals surface area contributed by atoms with Gasteiger partial charge in [0.15, 0.2) is 5.76 Å². The van der Waals surface area contributed by atoms with Gasteiger partial charge in [0.25, 0.3) is 0 Å².